The topological polar surface area (TPSA) is 16.1 Å². The molecule has 2 aromatic rings. The number of para-hydroxylation sites is 1. The van der Waals surface area contributed by atoms with Gasteiger partial charge in [0.1, 0.15) is 0 Å². The fraction of sp³-hybridized carbons (Fsp3) is 0.133. The highest BCUT2D eigenvalue weighted by Gasteiger charge is 2.26. The van der Waals surface area contributed by atoms with Crippen LogP contribution in [0.25, 0.3) is 4.91 Å². The first kappa shape index (κ1) is 12.5. The number of thiazole rings is 1. The van der Waals surface area contributed by atoms with Crippen molar-refractivity contribution in [2.24, 2.45) is 0 Å². The molecule has 0 aliphatic carbocycles. The maximum Gasteiger partial charge on any atom is 0.0875 e. The molecule has 2 heterocycles. The van der Waals surface area contributed by atoms with E-state index in [1.54, 1.807) is 11.3 Å². The molecule has 0 bridgehead atoms. The minimum Gasteiger partial charge on any atom is -0.334 e. The second-order valence-electron chi connectivity index (χ2n) is 4.20. The smallest absolute Gasteiger partial charge is 0.0875 e. The van der Waals surface area contributed by atoms with Crippen LogP contribution in [-0.4, -0.2) is 10.4 Å². The van der Waals surface area contributed by atoms with Crippen molar-refractivity contribution in [2.75, 3.05) is 4.90 Å². The number of aromatic nitrogens is 1. The molecule has 96 valence electrons. The molecule has 0 saturated heterocycles. The van der Waals surface area contributed by atoms with Gasteiger partial charge in [-0.1, -0.05) is 36.0 Å². The van der Waals surface area contributed by atoms with E-state index in [2.05, 4.69) is 46.9 Å². The molecule has 0 fully saturated rings. The fourth-order valence-electron chi connectivity index (χ4n) is 2.05. The largest absolute Gasteiger partial charge is 0.334 e. The summed E-state index contributed by atoms with van der Waals surface area (Å²) in [7, 11) is 0. The third-order valence-corrected chi connectivity index (χ3v) is 5.13. The average Bonchev–Trinajstić information content (AvgIpc) is 3.08. The summed E-state index contributed by atoms with van der Waals surface area (Å²) in [5.41, 5.74) is 3.10. The lowest BCUT2D eigenvalue weighted by atomic mass is 10.2. The second-order valence-corrected chi connectivity index (χ2v) is 6.30. The van der Waals surface area contributed by atoms with Crippen LogP contribution in [-0.2, 0) is 0 Å². The van der Waals surface area contributed by atoms with Crippen LogP contribution in [0.4, 0.5) is 5.69 Å². The second kappa shape index (κ2) is 5.63. The molecule has 4 heteroatoms. The van der Waals surface area contributed by atoms with E-state index in [0.717, 1.165) is 6.42 Å². The van der Waals surface area contributed by atoms with Crippen molar-refractivity contribution in [2.45, 2.75) is 11.8 Å². The first-order chi connectivity index (χ1) is 9.38. The predicted molar refractivity (Wildman–Crippen MR) is 85.2 cm³/mol. The summed E-state index contributed by atoms with van der Waals surface area (Å²) in [6.45, 7) is 3.87. The highest BCUT2D eigenvalue weighted by atomic mass is 32.2. The van der Waals surface area contributed by atoms with E-state index in [0.29, 0.717) is 5.37 Å². The van der Waals surface area contributed by atoms with E-state index in [1.807, 2.05) is 35.6 Å². The zero-order valence-electron chi connectivity index (χ0n) is 10.4. The number of benzene rings is 1. The molecule has 19 heavy (non-hydrogen) atoms. The highest BCUT2D eigenvalue weighted by molar-refractivity contribution is 8.09. The summed E-state index contributed by atoms with van der Waals surface area (Å²) in [6.07, 6.45) is 7.10. The quantitative estimate of drug-likeness (QED) is 0.764. The van der Waals surface area contributed by atoms with Crippen molar-refractivity contribution in [3.63, 3.8) is 0 Å². The number of hydrogen-bond donors (Lipinski definition) is 0. The Morgan fingerprint density at radius 2 is 2.16 bits per heavy atom. The lowest BCUT2D eigenvalue weighted by molar-refractivity contribution is 0.888. The van der Waals surface area contributed by atoms with Crippen molar-refractivity contribution in [1.82, 2.24) is 4.98 Å². The third-order valence-electron chi connectivity index (χ3n) is 2.93. The summed E-state index contributed by atoms with van der Waals surface area (Å²) >= 11 is 3.57. The molecule has 3 rings (SSSR count). The van der Waals surface area contributed by atoms with E-state index in [-0.39, 0.29) is 0 Å². The summed E-state index contributed by atoms with van der Waals surface area (Å²) in [4.78, 5) is 9.01. The van der Waals surface area contributed by atoms with Crippen molar-refractivity contribution in [3.8, 4) is 0 Å². The minimum absolute atomic E-state index is 0.386. The Bertz CT molecular complexity index is 575. The minimum atomic E-state index is 0.386. The Morgan fingerprint density at radius 1 is 1.32 bits per heavy atom. The standard InChI is InChI=1S/C15H14N2S2/c1-2-6-15-17(12-7-4-3-5-8-12)10-14(19-15)13-9-16-11-18-13/h2-5,7-11,15H,1,6H2. The monoisotopic (exact) mass is 286 g/mol. The average molecular weight is 286 g/mol. The van der Waals surface area contributed by atoms with Gasteiger partial charge >= 0.3 is 0 Å². The van der Waals surface area contributed by atoms with E-state index in [1.165, 1.54) is 15.5 Å². The molecule has 0 spiro atoms. The van der Waals surface area contributed by atoms with Crippen LogP contribution in [0, 0.1) is 0 Å². The zero-order chi connectivity index (χ0) is 13.1. The summed E-state index contributed by atoms with van der Waals surface area (Å²) in [5, 5.41) is 0.386. The van der Waals surface area contributed by atoms with Gasteiger partial charge in [0.15, 0.2) is 0 Å². The van der Waals surface area contributed by atoms with Gasteiger partial charge in [0, 0.05) is 23.0 Å². The number of thioether (sulfide) groups is 1. The normalized spacial score (nSPS) is 18.4. The van der Waals surface area contributed by atoms with E-state index in [9.17, 15) is 0 Å². The van der Waals surface area contributed by atoms with E-state index < -0.39 is 0 Å². The molecular formula is C15H14N2S2. The van der Waals surface area contributed by atoms with Gasteiger partial charge in [0.05, 0.1) is 15.8 Å². The third kappa shape index (κ3) is 2.60. The summed E-state index contributed by atoms with van der Waals surface area (Å²) in [5.74, 6) is 0. The number of nitrogens with zero attached hydrogens (tertiary/aromatic N) is 2. The maximum atomic E-state index is 4.16. The molecule has 1 unspecified atom stereocenters. The maximum absolute atomic E-state index is 4.16. The zero-order valence-corrected chi connectivity index (χ0v) is 12.0. The van der Waals surface area contributed by atoms with E-state index >= 15 is 0 Å². The Kier molecular flexibility index (Phi) is 3.71. The molecule has 1 atom stereocenters. The van der Waals surface area contributed by atoms with E-state index in [4.69, 9.17) is 0 Å². The van der Waals surface area contributed by atoms with Gasteiger partial charge in [0.25, 0.3) is 0 Å². The lowest BCUT2D eigenvalue weighted by Crippen LogP contribution is -2.23. The van der Waals surface area contributed by atoms with Crippen LogP contribution in [0.3, 0.4) is 0 Å². The van der Waals surface area contributed by atoms with Crippen molar-refractivity contribution in [1.29, 1.82) is 0 Å². The van der Waals surface area contributed by atoms with Gasteiger partial charge in [-0.25, -0.2) is 0 Å². The number of rotatable bonds is 4. The highest BCUT2D eigenvalue weighted by Crippen LogP contribution is 2.43. The fourth-order valence-corrected chi connectivity index (χ4v) is 4.03. The molecular weight excluding hydrogens is 272 g/mol. The molecule has 1 aromatic carbocycles. The number of hydrogen-bond acceptors (Lipinski definition) is 4. The van der Waals surface area contributed by atoms with Crippen molar-refractivity contribution in [3.05, 3.63) is 65.8 Å². The lowest BCUT2D eigenvalue weighted by Gasteiger charge is -2.23. The Balaban J connectivity index is 1.92. The van der Waals surface area contributed by atoms with Gasteiger partial charge < -0.3 is 4.90 Å². The number of anilines is 1. The van der Waals surface area contributed by atoms with Gasteiger partial charge in [-0.2, -0.15) is 0 Å². The summed E-state index contributed by atoms with van der Waals surface area (Å²) < 4.78 is 0. The Morgan fingerprint density at radius 3 is 2.84 bits per heavy atom. The molecule has 1 aromatic heterocycles. The molecule has 0 N–H and O–H groups in total. The molecule has 1 aliphatic rings. The summed E-state index contributed by atoms with van der Waals surface area (Å²) in [6, 6.07) is 10.5. The molecule has 2 nitrogen and oxygen atoms in total. The van der Waals surface area contributed by atoms with Crippen molar-refractivity contribution >= 4 is 33.7 Å². The first-order valence-corrected chi connectivity index (χ1v) is 7.86. The molecule has 0 saturated carbocycles. The Labute approximate surface area is 121 Å². The van der Waals surface area contributed by atoms with Crippen LogP contribution in [0.2, 0.25) is 0 Å². The SMILES string of the molecule is C=CCC1SC(c2cncs2)=CN1c1ccccc1. The Hall–Kier alpha value is -1.52. The first-order valence-electron chi connectivity index (χ1n) is 6.10. The van der Waals surface area contributed by atoms with Crippen LogP contribution in [0.5, 0.6) is 0 Å². The van der Waals surface area contributed by atoms with Gasteiger partial charge in [0.2, 0.25) is 0 Å². The van der Waals surface area contributed by atoms with Crippen molar-refractivity contribution < 1.29 is 0 Å². The van der Waals surface area contributed by atoms with Gasteiger partial charge in [-0.3, -0.25) is 4.98 Å². The predicted octanol–water partition coefficient (Wildman–Crippen LogP) is 4.60. The van der Waals surface area contributed by atoms with Crippen LogP contribution >= 0.6 is 23.1 Å². The van der Waals surface area contributed by atoms with Gasteiger partial charge in [-0.15, -0.1) is 17.9 Å². The van der Waals surface area contributed by atoms with Crippen LogP contribution < -0.4 is 4.90 Å². The van der Waals surface area contributed by atoms with Crippen LogP contribution in [0.1, 0.15) is 11.3 Å². The molecule has 1 aliphatic heterocycles. The van der Waals surface area contributed by atoms with Gasteiger partial charge in [-0.05, 0) is 18.6 Å². The molecule has 0 amide bonds. The van der Waals surface area contributed by atoms with Crippen LogP contribution in [0.15, 0.2) is 60.9 Å². The molecule has 0 radical (unpaired) electrons.